The quantitative estimate of drug-likeness (QED) is 0.783. The second kappa shape index (κ2) is 8.34. The first-order chi connectivity index (χ1) is 11.5. The van der Waals surface area contributed by atoms with Crippen LogP contribution in [0.1, 0.15) is 29.9 Å². The third-order valence-corrected chi connectivity index (χ3v) is 3.55. The zero-order chi connectivity index (χ0) is 17.5. The van der Waals surface area contributed by atoms with E-state index in [1.807, 2.05) is 32.0 Å². The van der Waals surface area contributed by atoms with E-state index in [9.17, 15) is 4.79 Å². The Balaban J connectivity index is 2.05. The lowest BCUT2D eigenvalue weighted by Gasteiger charge is -2.19. The number of hydrogen-bond donors (Lipinski definition) is 0. The molecule has 0 spiro atoms. The average molecular weight is 328 g/mol. The molecule has 1 heterocycles. The maximum Gasteiger partial charge on any atom is 0.253 e. The molecule has 0 atom stereocenters. The van der Waals surface area contributed by atoms with Gasteiger partial charge in [-0.15, -0.1) is 0 Å². The van der Waals surface area contributed by atoms with Crippen molar-refractivity contribution >= 4 is 5.91 Å². The summed E-state index contributed by atoms with van der Waals surface area (Å²) in [6.45, 7) is 4.50. The summed E-state index contributed by atoms with van der Waals surface area (Å²) in [5.74, 6) is 1.15. The molecule has 1 aromatic heterocycles. The molecule has 0 fully saturated rings. The highest BCUT2D eigenvalue weighted by molar-refractivity contribution is 5.94. The molecule has 0 aliphatic heterocycles. The molecule has 0 saturated heterocycles. The number of carbonyl (C=O) groups excluding carboxylic acids is 1. The highest BCUT2D eigenvalue weighted by Crippen LogP contribution is 2.29. The standard InChI is InChI=1S/C19H24N2O3/c1-14(2)24-17-9-8-15(13-18(17)23-4)19(22)21(3)12-10-16-7-5-6-11-20-16/h5-9,11,13-14H,10,12H2,1-4H3. The van der Waals surface area contributed by atoms with Gasteiger partial charge < -0.3 is 14.4 Å². The molecule has 0 unspecified atom stereocenters. The van der Waals surface area contributed by atoms with Crippen LogP contribution in [0.25, 0.3) is 0 Å². The van der Waals surface area contributed by atoms with Gasteiger partial charge in [0.15, 0.2) is 11.5 Å². The Labute approximate surface area is 143 Å². The number of ether oxygens (including phenoxy) is 2. The summed E-state index contributed by atoms with van der Waals surface area (Å²) in [4.78, 5) is 18.5. The smallest absolute Gasteiger partial charge is 0.253 e. The first-order valence-electron chi connectivity index (χ1n) is 8.01. The number of amides is 1. The van der Waals surface area contributed by atoms with Crippen molar-refractivity contribution < 1.29 is 14.3 Å². The Morgan fingerprint density at radius 2 is 2.00 bits per heavy atom. The maximum atomic E-state index is 12.6. The van der Waals surface area contributed by atoms with Crippen molar-refractivity contribution in [3.8, 4) is 11.5 Å². The van der Waals surface area contributed by atoms with E-state index < -0.39 is 0 Å². The molecule has 0 aliphatic rings. The first-order valence-corrected chi connectivity index (χ1v) is 8.01. The third kappa shape index (κ3) is 4.72. The Kier molecular flexibility index (Phi) is 6.18. The van der Waals surface area contributed by atoms with Gasteiger partial charge in [-0.3, -0.25) is 9.78 Å². The molecular formula is C19H24N2O3. The van der Waals surface area contributed by atoms with Crippen molar-refractivity contribution in [2.75, 3.05) is 20.7 Å². The molecule has 5 nitrogen and oxygen atoms in total. The molecule has 5 heteroatoms. The van der Waals surface area contributed by atoms with Crippen LogP contribution in [-0.4, -0.2) is 42.6 Å². The van der Waals surface area contributed by atoms with Crippen molar-refractivity contribution in [3.63, 3.8) is 0 Å². The molecule has 0 bridgehead atoms. The zero-order valence-corrected chi connectivity index (χ0v) is 14.7. The molecule has 128 valence electrons. The minimum atomic E-state index is -0.0553. The van der Waals surface area contributed by atoms with Crippen LogP contribution in [-0.2, 0) is 6.42 Å². The van der Waals surface area contributed by atoms with E-state index in [-0.39, 0.29) is 12.0 Å². The van der Waals surface area contributed by atoms with Gasteiger partial charge in [0, 0.05) is 37.5 Å². The molecule has 0 aliphatic carbocycles. The van der Waals surface area contributed by atoms with E-state index in [0.717, 1.165) is 12.1 Å². The fourth-order valence-corrected chi connectivity index (χ4v) is 2.30. The van der Waals surface area contributed by atoms with E-state index in [1.165, 1.54) is 0 Å². The van der Waals surface area contributed by atoms with Crippen LogP contribution in [0, 0.1) is 0 Å². The first kappa shape index (κ1) is 17.8. The minimum absolute atomic E-state index is 0.0431. The fourth-order valence-electron chi connectivity index (χ4n) is 2.30. The van der Waals surface area contributed by atoms with Gasteiger partial charge in [-0.25, -0.2) is 0 Å². The number of methoxy groups -OCH3 is 1. The summed E-state index contributed by atoms with van der Waals surface area (Å²) in [7, 11) is 3.36. The van der Waals surface area contributed by atoms with Crippen LogP contribution in [0.5, 0.6) is 11.5 Å². The molecule has 0 saturated carbocycles. The third-order valence-electron chi connectivity index (χ3n) is 3.55. The predicted molar refractivity (Wildman–Crippen MR) is 93.7 cm³/mol. The summed E-state index contributed by atoms with van der Waals surface area (Å²) < 4.78 is 11.0. The fraction of sp³-hybridized carbons (Fsp3) is 0.368. The van der Waals surface area contributed by atoms with Gasteiger partial charge in [-0.1, -0.05) is 6.07 Å². The van der Waals surface area contributed by atoms with Gasteiger partial charge in [-0.05, 0) is 44.2 Å². The Morgan fingerprint density at radius 3 is 2.62 bits per heavy atom. The van der Waals surface area contributed by atoms with Gasteiger partial charge in [0.1, 0.15) is 0 Å². The molecule has 0 radical (unpaired) electrons. The number of rotatable bonds is 7. The van der Waals surface area contributed by atoms with E-state index >= 15 is 0 Å². The molecule has 24 heavy (non-hydrogen) atoms. The molecular weight excluding hydrogens is 304 g/mol. The number of nitrogens with zero attached hydrogens (tertiary/aromatic N) is 2. The topological polar surface area (TPSA) is 51.7 Å². The maximum absolute atomic E-state index is 12.6. The summed E-state index contributed by atoms with van der Waals surface area (Å²) in [6.07, 6.45) is 2.52. The SMILES string of the molecule is COc1cc(C(=O)N(C)CCc2ccccn2)ccc1OC(C)C. The second-order valence-corrected chi connectivity index (χ2v) is 5.83. The lowest BCUT2D eigenvalue weighted by molar-refractivity contribution is 0.0796. The van der Waals surface area contributed by atoms with Crippen molar-refractivity contribution in [3.05, 3.63) is 53.9 Å². The van der Waals surface area contributed by atoms with Crippen molar-refractivity contribution in [1.29, 1.82) is 0 Å². The Morgan fingerprint density at radius 1 is 1.21 bits per heavy atom. The number of carbonyl (C=O) groups is 1. The number of hydrogen-bond acceptors (Lipinski definition) is 4. The van der Waals surface area contributed by atoms with Crippen molar-refractivity contribution in [2.24, 2.45) is 0 Å². The lowest BCUT2D eigenvalue weighted by Crippen LogP contribution is -2.29. The van der Waals surface area contributed by atoms with Gasteiger partial charge in [-0.2, -0.15) is 0 Å². The summed E-state index contributed by atoms with van der Waals surface area (Å²) in [5.41, 5.74) is 1.54. The van der Waals surface area contributed by atoms with E-state index in [4.69, 9.17) is 9.47 Å². The van der Waals surface area contributed by atoms with Crippen LogP contribution in [0.15, 0.2) is 42.6 Å². The largest absolute Gasteiger partial charge is 0.493 e. The summed E-state index contributed by atoms with van der Waals surface area (Å²) in [5, 5.41) is 0. The number of likely N-dealkylation sites (N-methyl/N-ethyl adjacent to an activating group) is 1. The number of aromatic nitrogens is 1. The lowest BCUT2D eigenvalue weighted by atomic mass is 10.1. The molecule has 1 amide bonds. The summed E-state index contributed by atoms with van der Waals surface area (Å²) >= 11 is 0. The predicted octanol–water partition coefficient (Wildman–Crippen LogP) is 3.19. The highest BCUT2D eigenvalue weighted by atomic mass is 16.5. The van der Waals surface area contributed by atoms with Gasteiger partial charge in [0.05, 0.1) is 13.2 Å². The average Bonchev–Trinajstić information content (AvgIpc) is 2.59. The number of benzene rings is 1. The molecule has 2 aromatic rings. The highest BCUT2D eigenvalue weighted by Gasteiger charge is 2.15. The normalized spacial score (nSPS) is 10.5. The van der Waals surface area contributed by atoms with Gasteiger partial charge in [0.2, 0.25) is 0 Å². The summed E-state index contributed by atoms with van der Waals surface area (Å²) in [6, 6.07) is 11.0. The van der Waals surface area contributed by atoms with Crippen molar-refractivity contribution in [2.45, 2.75) is 26.4 Å². The second-order valence-electron chi connectivity index (χ2n) is 5.83. The molecule has 2 rings (SSSR count). The Bertz CT molecular complexity index is 672. The van der Waals surface area contributed by atoms with E-state index in [1.54, 1.807) is 43.5 Å². The monoisotopic (exact) mass is 328 g/mol. The van der Waals surface area contributed by atoms with Crippen LogP contribution in [0.4, 0.5) is 0 Å². The van der Waals surface area contributed by atoms with Gasteiger partial charge >= 0.3 is 0 Å². The van der Waals surface area contributed by atoms with Crippen LogP contribution < -0.4 is 9.47 Å². The van der Waals surface area contributed by atoms with E-state index in [0.29, 0.717) is 23.6 Å². The molecule has 0 N–H and O–H groups in total. The van der Waals surface area contributed by atoms with Crippen molar-refractivity contribution in [1.82, 2.24) is 9.88 Å². The minimum Gasteiger partial charge on any atom is -0.493 e. The van der Waals surface area contributed by atoms with Crippen LogP contribution >= 0.6 is 0 Å². The van der Waals surface area contributed by atoms with Crippen LogP contribution in [0.3, 0.4) is 0 Å². The Hall–Kier alpha value is -2.56. The van der Waals surface area contributed by atoms with Gasteiger partial charge in [0.25, 0.3) is 5.91 Å². The zero-order valence-electron chi connectivity index (χ0n) is 14.7. The van der Waals surface area contributed by atoms with Crippen LogP contribution in [0.2, 0.25) is 0 Å². The molecule has 1 aromatic carbocycles. The van der Waals surface area contributed by atoms with E-state index in [2.05, 4.69) is 4.98 Å². The number of pyridine rings is 1.